The van der Waals surface area contributed by atoms with Crippen LogP contribution in [-0.4, -0.2) is 15.6 Å². The van der Waals surface area contributed by atoms with Crippen molar-refractivity contribution in [2.45, 2.75) is 33.7 Å². The summed E-state index contributed by atoms with van der Waals surface area (Å²) >= 11 is 0. The van der Waals surface area contributed by atoms with Gasteiger partial charge in [0.2, 0.25) is 0 Å². The molecule has 2 aromatic rings. The number of carboxylic acid groups (broad SMARTS) is 1. The number of rotatable bonds is 3. The summed E-state index contributed by atoms with van der Waals surface area (Å²) in [5.74, 6) is -0.819. The van der Waals surface area contributed by atoms with Gasteiger partial charge in [0.05, 0.1) is 0 Å². The molecular formula is C16H19NO2. The molecule has 0 fully saturated rings. The molecule has 3 heteroatoms. The van der Waals surface area contributed by atoms with Gasteiger partial charge in [0.15, 0.2) is 0 Å². The summed E-state index contributed by atoms with van der Waals surface area (Å²) in [7, 11) is 0. The van der Waals surface area contributed by atoms with Crippen molar-refractivity contribution in [3.05, 3.63) is 47.2 Å². The third kappa shape index (κ3) is 2.55. The van der Waals surface area contributed by atoms with E-state index in [1.54, 1.807) is 6.92 Å². The van der Waals surface area contributed by atoms with Crippen LogP contribution in [0.15, 0.2) is 30.5 Å². The molecule has 0 bridgehead atoms. The first-order valence-electron chi connectivity index (χ1n) is 6.39. The lowest BCUT2D eigenvalue weighted by Gasteiger charge is -2.14. The predicted molar refractivity (Wildman–Crippen MR) is 76.4 cm³/mol. The Hall–Kier alpha value is -2.03. The first-order valence-corrected chi connectivity index (χ1v) is 6.39. The molecule has 1 aromatic carbocycles. The van der Waals surface area contributed by atoms with Crippen LogP contribution in [-0.2, 0) is 4.79 Å². The van der Waals surface area contributed by atoms with Crippen molar-refractivity contribution in [3.8, 4) is 11.3 Å². The van der Waals surface area contributed by atoms with Crippen molar-refractivity contribution in [1.82, 2.24) is 4.57 Å². The third-order valence-electron chi connectivity index (χ3n) is 3.56. The van der Waals surface area contributed by atoms with E-state index in [1.807, 2.05) is 29.8 Å². The van der Waals surface area contributed by atoms with E-state index in [1.165, 1.54) is 11.1 Å². The summed E-state index contributed by atoms with van der Waals surface area (Å²) in [4.78, 5) is 11.2. The maximum absolute atomic E-state index is 11.2. The molecule has 0 aliphatic carbocycles. The van der Waals surface area contributed by atoms with Crippen LogP contribution in [0.3, 0.4) is 0 Å². The van der Waals surface area contributed by atoms with Gasteiger partial charge in [-0.3, -0.25) is 0 Å². The summed E-state index contributed by atoms with van der Waals surface area (Å²) < 4.78 is 1.82. The van der Waals surface area contributed by atoms with Gasteiger partial charge < -0.3 is 9.67 Å². The van der Waals surface area contributed by atoms with Gasteiger partial charge in [-0.05, 0) is 62.1 Å². The number of benzene rings is 1. The highest BCUT2D eigenvalue weighted by molar-refractivity contribution is 5.74. The Morgan fingerprint density at radius 1 is 1.16 bits per heavy atom. The van der Waals surface area contributed by atoms with Crippen molar-refractivity contribution in [2.75, 3.05) is 0 Å². The zero-order chi connectivity index (χ0) is 14.2. The fourth-order valence-electron chi connectivity index (χ4n) is 2.19. The fourth-order valence-corrected chi connectivity index (χ4v) is 2.19. The molecule has 3 nitrogen and oxygen atoms in total. The highest BCUT2D eigenvalue weighted by atomic mass is 16.4. The van der Waals surface area contributed by atoms with Crippen LogP contribution in [0.5, 0.6) is 0 Å². The average molecular weight is 257 g/mol. The van der Waals surface area contributed by atoms with Gasteiger partial charge in [-0.25, -0.2) is 4.79 Å². The monoisotopic (exact) mass is 257 g/mol. The fraction of sp³-hybridized carbons (Fsp3) is 0.312. The lowest BCUT2D eigenvalue weighted by atomic mass is 10.0. The molecule has 1 unspecified atom stereocenters. The number of nitrogens with zero attached hydrogens (tertiary/aromatic N) is 1. The van der Waals surface area contributed by atoms with Gasteiger partial charge in [-0.2, -0.15) is 0 Å². The van der Waals surface area contributed by atoms with Crippen molar-refractivity contribution in [3.63, 3.8) is 0 Å². The topological polar surface area (TPSA) is 42.2 Å². The number of aryl methyl sites for hydroxylation is 3. The maximum Gasteiger partial charge on any atom is 0.326 e. The largest absolute Gasteiger partial charge is 0.480 e. The molecule has 19 heavy (non-hydrogen) atoms. The highest BCUT2D eigenvalue weighted by Gasteiger charge is 2.17. The standard InChI is InChI=1S/C16H19NO2/c1-10-7-15(17(9-10)13(4)16(18)19)14-6-5-11(2)12(3)8-14/h5-9,13H,1-4H3,(H,18,19). The molecule has 0 aliphatic rings. The van der Waals surface area contributed by atoms with Crippen LogP contribution >= 0.6 is 0 Å². The van der Waals surface area contributed by atoms with E-state index < -0.39 is 12.0 Å². The van der Waals surface area contributed by atoms with E-state index in [-0.39, 0.29) is 0 Å². The molecular weight excluding hydrogens is 238 g/mol. The van der Waals surface area contributed by atoms with E-state index in [4.69, 9.17) is 0 Å². The second kappa shape index (κ2) is 4.92. The molecule has 0 radical (unpaired) electrons. The van der Waals surface area contributed by atoms with Crippen molar-refractivity contribution >= 4 is 5.97 Å². The van der Waals surface area contributed by atoms with E-state index in [2.05, 4.69) is 26.0 Å². The van der Waals surface area contributed by atoms with Crippen LogP contribution in [0.2, 0.25) is 0 Å². The number of hydrogen-bond acceptors (Lipinski definition) is 1. The molecule has 0 spiro atoms. The predicted octanol–water partition coefficient (Wildman–Crippen LogP) is 3.73. The van der Waals surface area contributed by atoms with Gasteiger partial charge in [0.25, 0.3) is 0 Å². The normalized spacial score (nSPS) is 12.4. The number of aliphatic carboxylic acids is 1. The third-order valence-corrected chi connectivity index (χ3v) is 3.56. The van der Waals surface area contributed by atoms with E-state index >= 15 is 0 Å². The molecule has 1 atom stereocenters. The van der Waals surface area contributed by atoms with Crippen LogP contribution in [0.25, 0.3) is 11.3 Å². The van der Waals surface area contributed by atoms with Gasteiger partial charge in [-0.1, -0.05) is 12.1 Å². The Morgan fingerprint density at radius 2 is 1.84 bits per heavy atom. The lowest BCUT2D eigenvalue weighted by molar-refractivity contribution is -0.140. The molecule has 0 amide bonds. The molecule has 1 aromatic heterocycles. The lowest BCUT2D eigenvalue weighted by Crippen LogP contribution is -2.15. The Kier molecular flexibility index (Phi) is 3.47. The van der Waals surface area contributed by atoms with Crippen molar-refractivity contribution < 1.29 is 9.90 Å². The van der Waals surface area contributed by atoms with Gasteiger partial charge >= 0.3 is 5.97 Å². The zero-order valence-electron chi connectivity index (χ0n) is 11.8. The molecule has 0 saturated heterocycles. The molecule has 1 heterocycles. The van der Waals surface area contributed by atoms with Crippen LogP contribution in [0.1, 0.15) is 29.7 Å². The summed E-state index contributed by atoms with van der Waals surface area (Å²) in [6.07, 6.45) is 1.89. The summed E-state index contributed by atoms with van der Waals surface area (Å²) in [6.45, 7) is 7.82. The van der Waals surface area contributed by atoms with Gasteiger partial charge in [0, 0.05) is 11.9 Å². The maximum atomic E-state index is 11.2. The molecule has 0 saturated carbocycles. The second-order valence-electron chi connectivity index (χ2n) is 5.12. The van der Waals surface area contributed by atoms with Crippen LogP contribution in [0, 0.1) is 20.8 Å². The van der Waals surface area contributed by atoms with Crippen molar-refractivity contribution in [1.29, 1.82) is 0 Å². The summed E-state index contributed by atoms with van der Waals surface area (Å²) in [6, 6.07) is 7.69. The minimum Gasteiger partial charge on any atom is -0.480 e. The van der Waals surface area contributed by atoms with Crippen LogP contribution in [0.4, 0.5) is 0 Å². The number of carbonyl (C=O) groups is 1. The molecule has 100 valence electrons. The van der Waals surface area contributed by atoms with Gasteiger partial charge in [0.1, 0.15) is 6.04 Å². The van der Waals surface area contributed by atoms with E-state index in [0.717, 1.165) is 16.8 Å². The zero-order valence-corrected chi connectivity index (χ0v) is 11.8. The SMILES string of the molecule is Cc1cc(-c2ccc(C)c(C)c2)n(C(C)C(=O)O)c1. The Labute approximate surface area is 113 Å². The highest BCUT2D eigenvalue weighted by Crippen LogP contribution is 2.27. The number of aromatic nitrogens is 1. The number of carboxylic acids is 1. The van der Waals surface area contributed by atoms with Gasteiger partial charge in [-0.15, -0.1) is 0 Å². The summed E-state index contributed by atoms with van der Waals surface area (Å²) in [5.41, 5.74) is 5.54. The molecule has 1 N–H and O–H groups in total. The first-order chi connectivity index (χ1) is 8.90. The average Bonchev–Trinajstić information content (AvgIpc) is 2.73. The Balaban J connectivity index is 2.55. The van der Waals surface area contributed by atoms with E-state index in [0.29, 0.717) is 0 Å². The smallest absolute Gasteiger partial charge is 0.326 e. The van der Waals surface area contributed by atoms with Crippen LogP contribution < -0.4 is 0 Å². The first kappa shape index (κ1) is 13.4. The minimum absolute atomic E-state index is 0.565. The Morgan fingerprint density at radius 3 is 2.42 bits per heavy atom. The number of hydrogen-bond donors (Lipinski definition) is 1. The second-order valence-corrected chi connectivity index (χ2v) is 5.12. The Bertz CT molecular complexity index is 626. The molecule has 2 rings (SSSR count). The molecule has 0 aliphatic heterocycles. The quantitative estimate of drug-likeness (QED) is 0.910. The summed E-state index contributed by atoms with van der Waals surface area (Å²) in [5, 5.41) is 9.19. The van der Waals surface area contributed by atoms with E-state index in [9.17, 15) is 9.90 Å². The van der Waals surface area contributed by atoms with Crippen molar-refractivity contribution in [2.24, 2.45) is 0 Å². The minimum atomic E-state index is -0.819.